The first kappa shape index (κ1) is 18.4. The summed E-state index contributed by atoms with van der Waals surface area (Å²) in [6, 6.07) is 7.75. The number of rotatable bonds is 5. The molecule has 1 aliphatic rings. The van der Waals surface area contributed by atoms with E-state index in [1.807, 2.05) is 0 Å². The minimum atomic E-state index is -0.543. The van der Waals surface area contributed by atoms with Crippen LogP contribution in [0.25, 0.3) is 0 Å². The van der Waals surface area contributed by atoms with Gasteiger partial charge in [0.25, 0.3) is 11.8 Å². The van der Waals surface area contributed by atoms with E-state index in [4.69, 9.17) is 9.15 Å². The molecule has 3 rings (SSSR count). The molecule has 1 fully saturated rings. The van der Waals surface area contributed by atoms with Crippen molar-refractivity contribution in [2.75, 3.05) is 32.8 Å². The molecule has 9 heteroatoms. The minimum absolute atomic E-state index is 0.0694. The summed E-state index contributed by atoms with van der Waals surface area (Å²) in [5, 5.41) is 11.1. The Morgan fingerprint density at radius 2 is 1.89 bits per heavy atom. The Morgan fingerprint density at radius 1 is 1.19 bits per heavy atom. The predicted octanol–water partition coefficient (Wildman–Crippen LogP) is 1.86. The maximum absolute atomic E-state index is 12.4. The number of benzene rings is 1. The zero-order chi connectivity index (χ0) is 19.4. The number of nitro benzene ring substituents is 1. The molecule has 1 aliphatic heterocycles. The molecule has 2 heterocycles. The zero-order valence-corrected chi connectivity index (χ0v) is 14.8. The van der Waals surface area contributed by atoms with Crippen LogP contribution in [0.15, 0.2) is 41.0 Å². The van der Waals surface area contributed by atoms with Crippen LogP contribution >= 0.6 is 0 Å². The van der Waals surface area contributed by atoms with E-state index in [0.29, 0.717) is 26.2 Å². The van der Waals surface area contributed by atoms with Gasteiger partial charge in [0, 0.05) is 32.2 Å². The molecule has 27 heavy (non-hydrogen) atoms. The van der Waals surface area contributed by atoms with Crippen molar-refractivity contribution in [3.63, 3.8) is 0 Å². The van der Waals surface area contributed by atoms with E-state index in [9.17, 15) is 19.7 Å². The molecule has 0 N–H and O–H groups in total. The fourth-order valence-electron chi connectivity index (χ4n) is 2.83. The number of nitrogens with zero attached hydrogens (tertiary/aromatic N) is 3. The van der Waals surface area contributed by atoms with Gasteiger partial charge >= 0.3 is 5.69 Å². The fourth-order valence-corrected chi connectivity index (χ4v) is 2.83. The molecule has 2 aromatic rings. The van der Waals surface area contributed by atoms with Crippen molar-refractivity contribution in [2.24, 2.45) is 0 Å². The summed E-state index contributed by atoms with van der Waals surface area (Å²) in [4.78, 5) is 38.3. The predicted molar refractivity (Wildman–Crippen MR) is 94.5 cm³/mol. The molecule has 142 valence electrons. The number of hydrogen-bond acceptors (Lipinski definition) is 6. The van der Waals surface area contributed by atoms with Crippen LogP contribution in [0.2, 0.25) is 0 Å². The second kappa shape index (κ2) is 7.90. The zero-order valence-electron chi connectivity index (χ0n) is 14.8. The molecule has 1 aromatic heterocycles. The number of carbonyl (C=O) groups excluding carboxylic acids is 2. The number of furan rings is 1. The molecule has 0 spiro atoms. The Morgan fingerprint density at radius 3 is 2.52 bits per heavy atom. The highest BCUT2D eigenvalue weighted by atomic mass is 16.6. The van der Waals surface area contributed by atoms with Gasteiger partial charge in [0.15, 0.2) is 18.1 Å². The summed E-state index contributed by atoms with van der Waals surface area (Å²) in [7, 11) is 0. The molecule has 0 aliphatic carbocycles. The Kier molecular flexibility index (Phi) is 5.39. The van der Waals surface area contributed by atoms with Crippen molar-refractivity contribution in [1.29, 1.82) is 0 Å². The molecule has 0 bridgehead atoms. The Bertz CT molecular complexity index is 841. The van der Waals surface area contributed by atoms with Crippen LogP contribution < -0.4 is 4.74 Å². The third kappa shape index (κ3) is 4.25. The standard InChI is InChI=1S/C18H19N3O6/c1-13-4-5-14(21(24)25)16(11-13)27-12-17(22)19-6-8-20(9-7-19)18(23)15-3-2-10-26-15/h2-5,10-11H,6-9,12H2,1H3. The molecule has 1 aromatic carbocycles. The highest BCUT2D eigenvalue weighted by molar-refractivity contribution is 5.91. The molecule has 0 unspecified atom stereocenters. The third-order valence-corrected chi connectivity index (χ3v) is 4.31. The van der Waals surface area contributed by atoms with E-state index in [0.717, 1.165) is 5.56 Å². The van der Waals surface area contributed by atoms with E-state index in [1.165, 1.54) is 18.4 Å². The van der Waals surface area contributed by atoms with Crippen molar-refractivity contribution >= 4 is 17.5 Å². The first-order chi connectivity index (χ1) is 13.0. The molecular weight excluding hydrogens is 354 g/mol. The highest BCUT2D eigenvalue weighted by Gasteiger charge is 2.26. The van der Waals surface area contributed by atoms with Gasteiger partial charge in [-0.15, -0.1) is 0 Å². The lowest BCUT2D eigenvalue weighted by molar-refractivity contribution is -0.385. The first-order valence-corrected chi connectivity index (χ1v) is 8.44. The van der Waals surface area contributed by atoms with Gasteiger partial charge in [0.1, 0.15) is 0 Å². The second-order valence-electron chi connectivity index (χ2n) is 6.17. The maximum atomic E-state index is 12.4. The van der Waals surface area contributed by atoms with Crippen molar-refractivity contribution in [1.82, 2.24) is 9.80 Å². The molecule has 2 amide bonds. The van der Waals surface area contributed by atoms with Gasteiger partial charge in [-0.05, 0) is 30.7 Å². The molecular formula is C18H19N3O6. The van der Waals surface area contributed by atoms with Crippen molar-refractivity contribution in [3.05, 3.63) is 58.0 Å². The van der Waals surface area contributed by atoms with E-state index in [2.05, 4.69) is 0 Å². The summed E-state index contributed by atoms with van der Waals surface area (Å²) in [5.74, 6) is -0.153. The summed E-state index contributed by atoms with van der Waals surface area (Å²) in [6.45, 7) is 2.99. The lowest BCUT2D eigenvalue weighted by Crippen LogP contribution is -2.51. The first-order valence-electron chi connectivity index (χ1n) is 8.44. The Balaban J connectivity index is 1.54. The average Bonchev–Trinajstić information content (AvgIpc) is 3.20. The maximum Gasteiger partial charge on any atom is 0.310 e. The topological polar surface area (TPSA) is 106 Å². The monoisotopic (exact) mass is 373 g/mol. The number of amides is 2. The molecule has 1 saturated heterocycles. The van der Waals surface area contributed by atoms with E-state index in [-0.39, 0.29) is 35.6 Å². The van der Waals surface area contributed by atoms with Gasteiger partial charge in [-0.25, -0.2) is 0 Å². The van der Waals surface area contributed by atoms with Crippen molar-refractivity contribution in [2.45, 2.75) is 6.92 Å². The average molecular weight is 373 g/mol. The van der Waals surface area contributed by atoms with Gasteiger partial charge in [-0.2, -0.15) is 0 Å². The Labute approximate surface area is 155 Å². The van der Waals surface area contributed by atoms with Crippen molar-refractivity contribution in [3.8, 4) is 5.75 Å². The fraction of sp³-hybridized carbons (Fsp3) is 0.333. The van der Waals surface area contributed by atoms with Crippen LogP contribution in [0.1, 0.15) is 16.1 Å². The summed E-state index contributed by atoms with van der Waals surface area (Å²) in [5.41, 5.74) is 0.621. The number of ether oxygens (including phenoxy) is 1. The van der Waals surface area contributed by atoms with Crippen LogP contribution in [0.5, 0.6) is 5.75 Å². The summed E-state index contributed by atoms with van der Waals surface area (Å²) in [6.07, 6.45) is 1.44. The quantitative estimate of drug-likeness (QED) is 0.585. The normalized spacial score (nSPS) is 14.1. The Hall–Kier alpha value is -3.36. The van der Waals surface area contributed by atoms with E-state index in [1.54, 1.807) is 34.9 Å². The number of piperazine rings is 1. The minimum Gasteiger partial charge on any atom is -0.477 e. The third-order valence-electron chi connectivity index (χ3n) is 4.31. The van der Waals surface area contributed by atoms with Crippen molar-refractivity contribution < 1.29 is 23.7 Å². The molecule has 0 saturated carbocycles. The second-order valence-corrected chi connectivity index (χ2v) is 6.17. The number of hydrogen-bond donors (Lipinski definition) is 0. The smallest absolute Gasteiger partial charge is 0.310 e. The number of nitro groups is 1. The summed E-state index contributed by atoms with van der Waals surface area (Å²) >= 11 is 0. The van der Waals surface area contributed by atoms with Gasteiger partial charge in [-0.3, -0.25) is 19.7 Å². The number of aryl methyl sites for hydroxylation is 1. The van der Waals surface area contributed by atoms with Crippen LogP contribution in [0, 0.1) is 17.0 Å². The van der Waals surface area contributed by atoms with Gasteiger partial charge < -0.3 is 19.0 Å². The van der Waals surface area contributed by atoms with Crippen LogP contribution in [-0.2, 0) is 4.79 Å². The largest absolute Gasteiger partial charge is 0.477 e. The van der Waals surface area contributed by atoms with Gasteiger partial charge in [0.05, 0.1) is 11.2 Å². The molecule has 9 nitrogen and oxygen atoms in total. The van der Waals surface area contributed by atoms with Crippen LogP contribution in [-0.4, -0.2) is 59.3 Å². The van der Waals surface area contributed by atoms with E-state index >= 15 is 0 Å². The number of carbonyl (C=O) groups is 2. The van der Waals surface area contributed by atoms with Crippen LogP contribution in [0.4, 0.5) is 5.69 Å². The lowest BCUT2D eigenvalue weighted by Gasteiger charge is -2.34. The van der Waals surface area contributed by atoms with Gasteiger partial charge in [-0.1, -0.05) is 6.07 Å². The molecule has 0 radical (unpaired) electrons. The highest BCUT2D eigenvalue weighted by Crippen LogP contribution is 2.27. The lowest BCUT2D eigenvalue weighted by atomic mass is 10.2. The van der Waals surface area contributed by atoms with E-state index < -0.39 is 4.92 Å². The van der Waals surface area contributed by atoms with Gasteiger partial charge in [0.2, 0.25) is 0 Å². The molecule has 0 atom stereocenters. The summed E-state index contributed by atoms with van der Waals surface area (Å²) < 4.78 is 10.5. The van der Waals surface area contributed by atoms with Crippen LogP contribution in [0.3, 0.4) is 0 Å². The SMILES string of the molecule is Cc1ccc([N+](=O)[O-])c(OCC(=O)N2CCN(C(=O)c3ccco3)CC2)c1.